The number of hydrogen-bond donors (Lipinski definition) is 2. The van der Waals surface area contributed by atoms with Crippen LogP contribution in [0.15, 0.2) is 12.1 Å². The molecular formula is C9H8F2INO2. The Labute approximate surface area is 98.4 Å². The minimum atomic E-state index is -1.17. The first-order valence-corrected chi connectivity index (χ1v) is 5.11. The Balaban J connectivity index is 2.95. The maximum Gasteiger partial charge on any atom is 0.320 e. The van der Waals surface area contributed by atoms with Gasteiger partial charge in [-0.15, -0.1) is 0 Å². The SMILES string of the molecule is NC(Cc1cc(F)c(F)cc1I)C(=O)O. The van der Waals surface area contributed by atoms with E-state index in [1.165, 1.54) is 0 Å². The standard InChI is InChI=1S/C9H8F2INO2/c10-5-1-4(2-8(13)9(14)15)7(12)3-6(5)11/h1,3,8H,2,13H2,(H,14,15). The molecule has 0 aliphatic rings. The summed E-state index contributed by atoms with van der Waals surface area (Å²) in [7, 11) is 0. The van der Waals surface area contributed by atoms with Crippen LogP contribution in [0, 0.1) is 15.2 Å². The zero-order valence-corrected chi connectivity index (χ0v) is 9.66. The lowest BCUT2D eigenvalue weighted by Gasteiger charge is -2.08. The van der Waals surface area contributed by atoms with Gasteiger partial charge in [0.15, 0.2) is 11.6 Å². The van der Waals surface area contributed by atoms with Crippen LogP contribution >= 0.6 is 22.6 Å². The van der Waals surface area contributed by atoms with E-state index in [2.05, 4.69) is 0 Å². The topological polar surface area (TPSA) is 63.3 Å². The highest BCUT2D eigenvalue weighted by atomic mass is 127. The zero-order valence-electron chi connectivity index (χ0n) is 7.51. The number of halogens is 3. The fourth-order valence-corrected chi connectivity index (χ4v) is 1.69. The van der Waals surface area contributed by atoms with Gasteiger partial charge < -0.3 is 10.8 Å². The first-order chi connectivity index (χ1) is 6.91. The van der Waals surface area contributed by atoms with E-state index in [0.29, 0.717) is 9.13 Å². The number of carbonyl (C=O) groups is 1. The molecule has 1 atom stereocenters. The molecule has 3 nitrogen and oxygen atoms in total. The molecule has 0 heterocycles. The molecule has 0 amide bonds. The lowest BCUT2D eigenvalue weighted by molar-refractivity contribution is -0.138. The molecule has 6 heteroatoms. The number of benzene rings is 1. The predicted molar refractivity (Wildman–Crippen MR) is 58.4 cm³/mol. The molecule has 3 N–H and O–H groups in total. The molecule has 0 aliphatic carbocycles. The van der Waals surface area contributed by atoms with Gasteiger partial charge >= 0.3 is 5.97 Å². The third kappa shape index (κ3) is 3.10. The summed E-state index contributed by atoms with van der Waals surface area (Å²) < 4.78 is 26.0. The van der Waals surface area contributed by atoms with Gasteiger partial charge in [-0.25, -0.2) is 8.78 Å². The van der Waals surface area contributed by atoms with Crippen LogP contribution in [0.1, 0.15) is 5.56 Å². The summed E-state index contributed by atoms with van der Waals surface area (Å²) in [5.41, 5.74) is 5.68. The molecule has 0 saturated heterocycles. The second-order valence-electron chi connectivity index (χ2n) is 3.01. The summed E-state index contributed by atoms with van der Waals surface area (Å²) in [5.74, 6) is -3.12. The van der Waals surface area contributed by atoms with Crippen molar-refractivity contribution in [3.63, 3.8) is 0 Å². The molecule has 15 heavy (non-hydrogen) atoms. The third-order valence-electron chi connectivity index (χ3n) is 1.85. The highest BCUT2D eigenvalue weighted by Gasteiger charge is 2.15. The number of rotatable bonds is 3. The molecular weight excluding hydrogens is 319 g/mol. The highest BCUT2D eigenvalue weighted by Crippen LogP contribution is 2.18. The van der Waals surface area contributed by atoms with Crippen molar-refractivity contribution >= 4 is 28.6 Å². The van der Waals surface area contributed by atoms with Crippen LogP contribution < -0.4 is 5.73 Å². The van der Waals surface area contributed by atoms with E-state index in [9.17, 15) is 13.6 Å². The summed E-state index contributed by atoms with van der Waals surface area (Å²) in [6.07, 6.45) is -0.0230. The summed E-state index contributed by atoms with van der Waals surface area (Å²) in [5, 5.41) is 8.56. The van der Waals surface area contributed by atoms with Crippen molar-refractivity contribution < 1.29 is 18.7 Å². The Bertz CT molecular complexity index is 398. The second-order valence-corrected chi connectivity index (χ2v) is 4.17. The minimum Gasteiger partial charge on any atom is -0.480 e. The molecule has 0 fully saturated rings. The Morgan fingerprint density at radius 1 is 1.47 bits per heavy atom. The van der Waals surface area contributed by atoms with Crippen molar-refractivity contribution in [1.82, 2.24) is 0 Å². The Kier molecular flexibility index (Phi) is 3.97. The van der Waals surface area contributed by atoms with E-state index in [0.717, 1.165) is 12.1 Å². The van der Waals surface area contributed by atoms with Gasteiger partial charge in [-0.3, -0.25) is 4.79 Å². The van der Waals surface area contributed by atoms with Gasteiger partial charge in [0.1, 0.15) is 6.04 Å². The summed E-state index contributed by atoms with van der Waals surface area (Å²) in [6.45, 7) is 0. The maximum atomic E-state index is 12.8. The van der Waals surface area contributed by atoms with Crippen LogP contribution in [-0.2, 0) is 11.2 Å². The van der Waals surface area contributed by atoms with E-state index >= 15 is 0 Å². The van der Waals surface area contributed by atoms with Crippen molar-refractivity contribution in [3.05, 3.63) is 32.9 Å². The van der Waals surface area contributed by atoms with Crippen LogP contribution in [-0.4, -0.2) is 17.1 Å². The third-order valence-corrected chi connectivity index (χ3v) is 2.85. The normalized spacial score (nSPS) is 12.5. The molecule has 0 spiro atoms. The molecule has 0 saturated carbocycles. The average Bonchev–Trinajstić information content (AvgIpc) is 2.13. The number of hydrogen-bond acceptors (Lipinski definition) is 2. The van der Waals surface area contributed by atoms with E-state index in [1.54, 1.807) is 22.6 Å². The molecule has 0 aromatic heterocycles. The smallest absolute Gasteiger partial charge is 0.320 e. The lowest BCUT2D eigenvalue weighted by atomic mass is 10.1. The van der Waals surface area contributed by atoms with Crippen molar-refractivity contribution in [1.29, 1.82) is 0 Å². The Morgan fingerprint density at radius 3 is 2.53 bits per heavy atom. The van der Waals surface area contributed by atoms with Gasteiger partial charge in [0.2, 0.25) is 0 Å². The predicted octanol–water partition coefficient (Wildman–Crippen LogP) is 1.52. The first kappa shape index (κ1) is 12.3. The molecule has 1 unspecified atom stereocenters. The van der Waals surface area contributed by atoms with E-state index in [4.69, 9.17) is 10.8 Å². The number of carboxylic acids is 1. The quantitative estimate of drug-likeness (QED) is 0.654. The lowest BCUT2D eigenvalue weighted by Crippen LogP contribution is -2.32. The minimum absolute atomic E-state index is 0.0230. The van der Waals surface area contributed by atoms with Crippen LogP contribution in [0.2, 0.25) is 0 Å². The van der Waals surface area contributed by atoms with Gasteiger partial charge in [0.25, 0.3) is 0 Å². The van der Waals surface area contributed by atoms with Crippen LogP contribution in [0.5, 0.6) is 0 Å². The average molecular weight is 327 g/mol. The highest BCUT2D eigenvalue weighted by molar-refractivity contribution is 14.1. The van der Waals surface area contributed by atoms with E-state index < -0.39 is 23.6 Å². The van der Waals surface area contributed by atoms with Crippen molar-refractivity contribution in [3.8, 4) is 0 Å². The number of aliphatic carboxylic acids is 1. The Hall–Kier alpha value is -0.760. The molecule has 0 bridgehead atoms. The molecule has 1 aromatic rings. The van der Waals surface area contributed by atoms with Gasteiger partial charge in [0, 0.05) is 3.57 Å². The molecule has 82 valence electrons. The summed E-state index contributed by atoms with van der Waals surface area (Å²) in [4.78, 5) is 10.5. The van der Waals surface area contributed by atoms with Crippen LogP contribution in [0.25, 0.3) is 0 Å². The largest absolute Gasteiger partial charge is 0.480 e. The van der Waals surface area contributed by atoms with Crippen molar-refractivity contribution in [2.24, 2.45) is 5.73 Å². The van der Waals surface area contributed by atoms with Gasteiger partial charge in [-0.2, -0.15) is 0 Å². The monoisotopic (exact) mass is 327 g/mol. The molecule has 0 aliphatic heterocycles. The van der Waals surface area contributed by atoms with Crippen LogP contribution in [0.4, 0.5) is 8.78 Å². The first-order valence-electron chi connectivity index (χ1n) is 4.03. The van der Waals surface area contributed by atoms with E-state index in [-0.39, 0.29) is 6.42 Å². The molecule has 0 radical (unpaired) electrons. The van der Waals surface area contributed by atoms with Gasteiger partial charge in [0.05, 0.1) is 0 Å². The Morgan fingerprint density at radius 2 is 2.00 bits per heavy atom. The fourth-order valence-electron chi connectivity index (χ4n) is 1.04. The van der Waals surface area contributed by atoms with Crippen LogP contribution in [0.3, 0.4) is 0 Å². The number of nitrogens with two attached hydrogens (primary N) is 1. The summed E-state index contributed by atoms with van der Waals surface area (Å²) in [6, 6.07) is 0.878. The maximum absolute atomic E-state index is 12.8. The fraction of sp³-hybridized carbons (Fsp3) is 0.222. The zero-order chi connectivity index (χ0) is 11.6. The van der Waals surface area contributed by atoms with Crippen molar-refractivity contribution in [2.75, 3.05) is 0 Å². The second kappa shape index (κ2) is 4.84. The van der Waals surface area contributed by atoms with Crippen molar-refractivity contribution in [2.45, 2.75) is 12.5 Å². The van der Waals surface area contributed by atoms with E-state index in [1.807, 2.05) is 0 Å². The number of carboxylic acid groups (broad SMARTS) is 1. The summed E-state index contributed by atoms with van der Waals surface area (Å²) >= 11 is 1.80. The molecule has 1 aromatic carbocycles. The van der Waals surface area contributed by atoms with Gasteiger partial charge in [-0.1, -0.05) is 0 Å². The molecule has 1 rings (SSSR count). The van der Waals surface area contributed by atoms with Gasteiger partial charge in [-0.05, 0) is 46.7 Å².